The molecule has 16 heavy (non-hydrogen) atoms. The van der Waals surface area contributed by atoms with E-state index in [2.05, 4.69) is 0 Å². The van der Waals surface area contributed by atoms with E-state index in [1.165, 1.54) is 19.0 Å². The average Bonchev–Trinajstić information content (AvgIpc) is 2.21. The minimum atomic E-state index is -2.15. The predicted octanol–water partition coefficient (Wildman–Crippen LogP) is -2.73. The van der Waals surface area contributed by atoms with Crippen LogP contribution in [-0.2, 0) is 9.53 Å². The second kappa shape index (κ2) is 4.64. The van der Waals surface area contributed by atoms with Gasteiger partial charge in [0.15, 0.2) is 0 Å². The van der Waals surface area contributed by atoms with Gasteiger partial charge in [0.2, 0.25) is 11.7 Å². The lowest BCUT2D eigenvalue weighted by atomic mass is 9.94. The summed E-state index contributed by atoms with van der Waals surface area (Å²) in [6.07, 6.45) is -5.01. The van der Waals surface area contributed by atoms with Crippen LogP contribution >= 0.6 is 0 Å². The molecule has 1 heterocycles. The van der Waals surface area contributed by atoms with Gasteiger partial charge >= 0.3 is 0 Å². The van der Waals surface area contributed by atoms with Gasteiger partial charge in [0.25, 0.3) is 0 Å². The van der Waals surface area contributed by atoms with Gasteiger partial charge in [0.05, 0.1) is 13.0 Å². The first kappa shape index (κ1) is 13.3. The molecule has 1 amide bonds. The summed E-state index contributed by atoms with van der Waals surface area (Å²) in [7, 11) is 2.98. The lowest BCUT2D eigenvalue weighted by Gasteiger charge is -2.41. The molecule has 0 aromatic rings. The number of amides is 1. The first-order valence-corrected chi connectivity index (χ1v) is 4.88. The van der Waals surface area contributed by atoms with Gasteiger partial charge in [0.1, 0.15) is 18.3 Å². The lowest BCUT2D eigenvalue weighted by Crippen LogP contribution is -2.62. The first-order valence-electron chi connectivity index (χ1n) is 4.88. The molecule has 7 heteroatoms. The van der Waals surface area contributed by atoms with E-state index in [1.807, 2.05) is 0 Å². The van der Waals surface area contributed by atoms with Gasteiger partial charge in [-0.05, 0) is 0 Å². The van der Waals surface area contributed by atoms with Crippen molar-refractivity contribution in [3.63, 3.8) is 0 Å². The Morgan fingerprint density at radius 3 is 2.50 bits per heavy atom. The second-order valence-electron chi connectivity index (χ2n) is 4.12. The highest BCUT2D eigenvalue weighted by Crippen LogP contribution is 2.27. The van der Waals surface area contributed by atoms with Crippen LogP contribution in [0.25, 0.3) is 0 Å². The van der Waals surface area contributed by atoms with E-state index >= 15 is 0 Å². The van der Waals surface area contributed by atoms with Gasteiger partial charge < -0.3 is 30.1 Å². The van der Waals surface area contributed by atoms with Crippen molar-refractivity contribution in [3.05, 3.63) is 0 Å². The van der Waals surface area contributed by atoms with E-state index in [-0.39, 0.29) is 6.61 Å². The molecule has 1 aliphatic heterocycles. The Labute approximate surface area is 92.9 Å². The molecule has 0 saturated carbocycles. The monoisotopic (exact) mass is 235 g/mol. The molecule has 0 aliphatic carbocycles. The molecule has 1 rings (SSSR count). The quantitative estimate of drug-likeness (QED) is 0.413. The third-order valence-electron chi connectivity index (χ3n) is 2.59. The van der Waals surface area contributed by atoms with Crippen molar-refractivity contribution in [2.24, 2.45) is 0 Å². The van der Waals surface area contributed by atoms with E-state index < -0.39 is 36.4 Å². The van der Waals surface area contributed by atoms with Crippen LogP contribution < -0.4 is 0 Å². The minimum Gasteiger partial charge on any atom is -0.388 e. The fourth-order valence-corrected chi connectivity index (χ4v) is 1.42. The number of carbonyl (C=O) groups is 1. The molecule has 0 aromatic heterocycles. The molecular weight excluding hydrogens is 218 g/mol. The number of rotatable bonds is 2. The lowest BCUT2D eigenvalue weighted by molar-refractivity contribution is -0.320. The summed E-state index contributed by atoms with van der Waals surface area (Å²) in [5.41, 5.74) is 0. The van der Waals surface area contributed by atoms with Gasteiger partial charge in [-0.25, -0.2) is 0 Å². The van der Waals surface area contributed by atoms with Crippen LogP contribution in [0.1, 0.15) is 6.42 Å². The molecule has 7 nitrogen and oxygen atoms in total. The van der Waals surface area contributed by atoms with Gasteiger partial charge in [-0.2, -0.15) is 0 Å². The maximum absolute atomic E-state index is 11.4. The highest BCUT2D eigenvalue weighted by atomic mass is 16.6. The topological polar surface area (TPSA) is 110 Å². The Balaban J connectivity index is 2.73. The van der Waals surface area contributed by atoms with Crippen molar-refractivity contribution < 1.29 is 30.0 Å². The number of nitrogens with zero attached hydrogens (tertiary/aromatic N) is 1. The molecule has 0 spiro atoms. The Kier molecular flexibility index (Phi) is 3.87. The standard InChI is InChI=1S/C9H17NO6/c1-10(2)6(12)3-9(15)8(14)7(13)5(11)4-16-9/h5,7-8,11,13-15H,3-4H2,1-2H3/t5-,7-,8+,9-/m1/s1. The molecule has 1 fully saturated rings. The average molecular weight is 235 g/mol. The fourth-order valence-electron chi connectivity index (χ4n) is 1.42. The Hall–Kier alpha value is -0.730. The molecule has 94 valence electrons. The largest absolute Gasteiger partial charge is 0.388 e. The summed E-state index contributed by atoms with van der Waals surface area (Å²) in [5.74, 6) is -2.61. The zero-order valence-electron chi connectivity index (χ0n) is 9.20. The molecular formula is C9H17NO6. The van der Waals surface area contributed by atoms with Crippen LogP contribution in [0.5, 0.6) is 0 Å². The predicted molar refractivity (Wildman–Crippen MR) is 52.2 cm³/mol. The molecule has 0 bridgehead atoms. The number of carbonyl (C=O) groups excluding carboxylic acids is 1. The molecule has 0 radical (unpaired) electrons. The Morgan fingerprint density at radius 1 is 1.44 bits per heavy atom. The van der Waals surface area contributed by atoms with Crippen LogP contribution in [0.2, 0.25) is 0 Å². The third-order valence-corrected chi connectivity index (χ3v) is 2.59. The first-order chi connectivity index (χ1) is 7.28. The van der Waals surface area contributed by atoms with Crippen molar-refractivity contribution in [1.29, 1.82) is 0 Å². The summed E-state index contributed by atoms with van der Waals surface area (Å²) in [6, 6.07) is 0. The number of aliphatic hydroxyl groups is 4. The number of hydrogen-bond donors (Lipinski definition) is 4. The summed E-state index contributed by atoms with van der Waals surface area (Å²) < 4.78 is 4.83. The van der Waals surface area contributed by atoms with E-state index in [0.717, 1.165) is 0 Å². The second-order valence-corrected chi connectivity index (χ2v) is 4.12. The summed E-state index contributed by atoms with van der Waals surface area (Å²) in [6.45, 7) is -0.338. The number of ether oxygens (including phenoxy) is 1. The molecule has 4 atom stereocenters. The van der Waals surface area contributed by atoms with Crippen molar-refractivity contribution in [2.75, 3.05) is 20.7 Å². The van der Waals surface area contributed by atoms with Gasteiger partial charge in [0, 0.05) is 14.1 Å². The highest BCUT2D eigenvalue weighted by Gasteiger charge is 2.49. The van der Waals surface area contributed by atoms with Gasteiger partial charge in [-0.15, -0.1) is 0 Å². The van der Waals surface area contributed by atoms with E-state index in [1.54, 1.807) is 0 Å². The van der Waals surface area contributed by atoms with Crippen LogP contribution in [0.4, 0.5) is 0 Å². The molecule has 0 aromatic carbocycles. The maximum Gasteiger partial charge on any atom is 0.227 e. The summed E-state index contributed by atoms with van der Waals surface area (Å²) >= 11 is 0. The van der Waals surface area contributed by atoms with Crippen molar-refractivity contribution in [1.82, 2.24) is 4.90 Å². The number of hydrogen-bond acceptors (Lipinski definition) is 6. The third kappa shape index (κ3) is 2.50. The Bertz CT molecular complexity index is 271. The van der Waals surface area contributed by atoms with E-state index in [4.69, 9.17) is 4.74 Å². The van der Waals surface area contributed by atoms with E-state index in [9.17, 15) is 25.2 Å². The summed E-state index contributed by atoms with van der Waals surface area (Å²) in [4.78, 5) is 12.6. The minimum absolute atomic E-state index is 0.338. The van der Waals surface area contributed by atoms with Crippen LogP contribution in [-0.4, -0.2) is 76.0 Å². The smallest absolute Gasteiger partial charge is 0.227 e. The van der Waals surface area contributed by atoms with Crippen molar-refractivity contribution in [2.45, 2.75) is 30.5 Å². The fraction of sp³-hybridized carbons (Fsp3) is 0.889. The van der Waals surface area contributed by atoms with Crippen molar-refractivity contribution >= 4 is 5.91 Å². The Morgan fingerprint density at radius 2 is 2.00 bits per heavy atom. The normalized spacial score (nSPS) is 39.5. The summed E-state index contributed by atoms with van der Waals surface area (Å²) in [5, 5.41) is 37.9. The van der Waals surface area contributed by atoms with Gasteiger partial charge in [-0.1, -0.05) is 0 Å². The van der Waals surface area contributed by atoms with Crippen LogP contribution in [0.3, 0.4) is 0 Å². The zero-order chi connectivity index (χ0) is 12.5. The zero-order valence-corrected chi connectivity index (χ0v) is 9.20. The molecule has 1 saturated heterocycles. The highest BCUT2D eigenvalue weighted by molar-refractivity contribution is 5.76. The SMILES string of the molecule is CN(C)C(=O)C[C@@]1(O)OC[C@@H](O)[C@@H](O)[C@@H]1O. The maximum atomic E-state index is 11.4. The molecule has 1 aliphatic rings. The van der Waals surface area contributed by atoms with Crippen LogP contribution in [0.15, 0.2) is 0 Å². The van der Waals surface area contributed by atoms with Crippen molar-refractivity contribution in [3.8, 4) is 0 Å². The van der Waals surface area contributed by atoms with E-state index in [0.29, 0.717) is 0 Å². The molecule has 4 N–H and O–H groups in total. The molecule has 0 unspecified atom stereocenters. The van der Waals surface area contributed by atoms with Crippen LogP contribution in [0, 0.1) is 0 Å². The number of aliphatic hydroxyl groups excluding tert-OH is 3. The van der Waals surface area contributed by atoms with Gasteiger partial charge in [-0.3, -0.25) is 4.79 Å².